The second-order valence-electron chi connectivity index (χ2n) is 16.1. The van der Waals surface area contributed by atoms with Gasteiger partial charge in [0.05, 0.1) is 12.0 Å². The van der Waals surface area contributed by atoms with Crippen LogP contribution < -0.4 is 14.9 Å². The maximum Gasteiger partial charge on any atom is 0.191 e. The number of para-hydroxylation sites is 2. The summed E-state index contributed by atoms with van der Waals surface area (Å²) in [5.74, 6) is 1.57. The second-order valence-corrected chi connectivity index (χ2v) is 16.1. The van der Waals surface area contributed by atoms with Crippen molar-refractivity contribution in [3.63, 3.8) is 0 Å². The Labute approximate surface area is 277 Å². The van der Waals surface area contributed by atoms with Crippen LogP contribution in [0, 0.1) is 11.8 Å². The molecule has 0 amide bonds. The molecule has 46 heavy (non-hydrogen) atoms. The molecule has 2 aromatic carbocycles. The standard InChI is InChI=1S/C42H54N2O2/c1-41(2)33-21-9-11-23-35(33)43(25-13-19-29-15-5-6-16-29)37(41)27-31-39(45)32(40(31)46)28-38-42(3,4)34-22-10-12-24-36(34)44(38)26-14-20-30-17-7-8-18-30/h9-12,21-24,27-30,37,45H,5-8,13-20,25-26H2,1-4H3/b31-27+,38-28-. The predicted molar refractivity (Wildman–Crippen MR) is 186 cm³/mol. The summed E-state index contributed by atoms with van der Waals surface area (Å²) < 4.78 is 0. The number of Topliss-reactive ketones (excluding diaryl/α,β-unsaturated/α-hetero) is 1. The number of hydrogen-bond acceptors (Lipinski definition) is 3. The molecule has 2 atom stereocenters. The van der Waals surface area contributed by atoms with E-state index in [1.54, 1.807) is 0 Å². The third-order valence-electron chi connectivity index (χ3n) is 12.5. The third kappa shape index (κ3) is 5.49. The lowest BCUT2D eigenvalue weighted by Gasteiger charge is -2.35. The first-order valence-corrected chi connectivity index (χ1v) is 18.4. The van der Waals surface area contributed by atoms with E-state index in [1.165, 1.54) is 98.0 Å². The van der Waals surface area contributed by atoms with Crippen molar-refractivity contribution in [3.8, 4) is 0 Å². The molecular weight excluding hydrogens is 564 g/mol. The molecule has 4 nitrogen and oxygen atoms in total. The fourth-order valence-corrected chi connectivity index (χ4v) is 9.77. The zero-order chi connectivity index (χ0) is 32.1. The van der Waals surface area contributed by atoms with Gasteiger partial charge in [-0.25, -0.2) is 0 Å². The van der Waals surface area contributed by atoms with Gasteiger partial charge in [0.2, 0.25) is 0 Å². The van der Waals surface area contributed by atoms with E-state index in [4.69, 9.17) is 0 Å². The highest BCUT2D eigenvalue weighted by molar-refractivity contribution is 6.20. The van der Waals surface area contributed by atoms with Crippen molar-refractivity contribution in [2.45, 2.75) is 122 Å². The Morgan fingerprint density at radius 2 is 1.46 bits per heavy atom. The summed E-state index contributed by atoms with van der Waals surface area (Å²) in [7, 11) is 0. The van der Waals surface area contributed by atoms with Crippen molar-refractivity contribution in [3.05, 3.63) is 94.4 Å². The van der Waals surface area contributed by atoms with Crippen molar-refractivity contribution in [2.24, 2.45) is 11.8 Å². The molecule has 244 valence electrons. The fourth-order valence-electron chi connectivity index (χ4n) is 9.77. The largest absolute Gasteiger partial charge is 0.871 e. The number of rotatable bonds is 10. The van der Waals surface area contributed by atoms with E-state index in [1.807, 2.05) is 6.08 Å². The van der Waals surface area contributed by atoms with E-state index in [0.717, 1.165) is 37.0 Å². The van der Waals surface area contributed by atoms with Crippen LogP contribution >= 0.6 is 0 Å². The SMILES string of the molecule is CC1(C)/C(=C/C2=C([O-])C(=C\C3[NH+](CCCC4CCCC4)c4ccccc4C3(C)C)/C2=O)N(CCCC2CCCC2)c2ccccc21. The number of carbonyl (C=O) groups excluding carboxylic acids is 1. The Kier molecular flexibility index (Phi) is 8.55. The summed E-state index contributed by atoms with van der Waals surface area (Å²) >= 11 is 0. The summed E-state index contributed by atoms with van der Waals surface area (Å²) in [6.07, 6.45) is 19.9. The summed E-state index contributed by atoms with van der Waals surface area (Å²) in [4.78, 5) is 17.7. The maximum atomic E-state index is 13.9. The van der Waals surface area contributed by atoms with E-state index in [9.17, 15) is 9.90 Å². The first kappa shape index (κ1) is 31.5. The lowest BCUT2D eigenvalue weighted by atomic mass is 9.76. The van der Waals surface area contributed by atoms with Crippen molar-refractivity contribution in [1.82, 2.24) is 0 Å². The molecule has 0 bridgehead atoms. The highest BCUT2D eigenvalue weighted by atomic mass is 16.3. The Hall–Kier alpha value is -3.11. The molecule has 2 heterocycles. The molecule has 1 N–H and O–H groups in total. The maximum absolute atomic E-state index is 13.9. The Morgan fingerprint density at radius 1 is 0.848 bits per heavy atom. The molecule has 0 saturated heterocycles. The van der Waals surface area contributed by atoms with Gasteiger partial charge < -0.3 is 10.0 Å². The summed E-state index contributed by atoms with van der Waals surface area (Å²) in [5.41, 5.74) is 6.60. The quantitative estimate of drug-likeness (QED) is 0.279. The van der Waals surface area contributed by atoms with Gasteiger partial charge in [-0.15, -0.1) is 0 Å². The van der Waals surface area contributed by atoms with Crippen LogP contribution in [0.4, 0.5) is 11.4 Å². The lowest BCUT2D eigenvalue weighted by Crippen LogP contribution is -3.10. The molecule has 2 aromatic rings. The first-order valence-electron chi connectivity index (χ1n) is 18.4. The van der Waals surface area contributed by atoms with Crippen molar-refractivity contribution >= 4 is 17.2 Å². The van der Waals surface area contributed by atoms with Crippen LogP contribution in [0.3, 0.4) is 0 Å². The second kappa shape index (κ2) is 12.5. The molecule has 2 fully saturated rings. The fraction of sp³-hybridized carbons (Fsp3) is 0.548. The number of anilines is 1. The van der Waals surface area contributed by atoms with Gasteiger partial charge >= 0.3 is 0 Å². The zero-order valence-corrected chi connectivity index (χ0v) is 28.7. The lowest BCUT2D eigenvalue weighted by molar-refractivity contribution is -0.850. The molecule has 0 spiro atoms. The van der Waals surface area contributed by atoms with Gasteiger partial charge in [-0.05, 0) is 81.2 Å². The molecule has 3 aliphatic carbocycles. The number of benzene rings is 2. The first-order chi connectivity index (χ1) is 22.2. The molecule has 0 radical (unpaired) electrons. The number of ketones is 1. The molecule has 2 aliphatic heterocycles. The molecule has 0 aromatic heterocycles. The predicted octanol–water partition coefficient (Wildman–Crippen LogP) is 7.61. The Morgan fingerprint density at radius 3 is 2.13 bits per heavy atom. The number of quaternary nitrogens is 1. The zero-order valence-electron chi connectivity index (χ0n) is 28.7. The smallest absolute Gasteiger partial charge is 0.191 e. The number of nitrogens with one attached hydrogen (secondary N) is 1. The molecule has 7 rings (SSSR count). The number of fused-ring (bicyclic) bond motifs is 2. The van der Waals surface area contributed by atoms with Gasteiger partial charge in [0, 0.05) is 40.1 Å². The van der Waals surface area contributed by atoms with Crippen LogP contribution in [-0.2, 0) is 15.6 Å². The van der Waals surface area contributed by atoms with Gasteiger partial charge in [0.15, 0.2) is 5.78 Å². The van der Waals surface area contributed by atoms with Gasteiger partial charge in [-0.1, -0.05) is 107 Å². The van der Waals surface area contributed by atoms with Crippen molar-refractivity contribution < 1.29 is 14.8 Å². The van der Waals surface area contributed by atoms with Crippen LogP contribution in [0.5, 0.6) is 0 Å². The summed E-state index contributed by atoms with van der Waals surface area (Å²) in [6.45, 7) is 11.0. The number of nitrogens with zero attached hydrogens (tertiary/aromatic N) is 1. The highest BCUT2D eigenvalue weighted by Crippen LogP contribution is 2.49. The number of carbonyl (C=O) groups is 1. The monoisotopic (exact) mass is 618 g/mol. The van der Waals surface area contributed by atoms with Gasteiger partial charge in [-0.3, -0.25) is 9.69 Å². The molecule has 2 unspecified atom stereocenters. The molecule has 2 saturated carbocycles. The number of allylic oxidation sites excluding steroid dienone is 4. The minimum absolute atomic E-state index is 0.0600. The van der Waals surface area contributed by atoms with Crippen LogP contribution in [-0.4, -0.2) is 24.9 Å². The Balaban J connectivity index is 1.16. The van der Waals surface area contributed by atoms with Crippen LogP contribution in [0.25, 0.3) is 0 Å². The summed E-state index contributed by atoms with van der Waals surface area (Å²) in [6, 6.07) is 17.5. The Bertz CT molecular complexity index is 1560. The molecule has 5 aliphatic rings. The minimum atomic E-state index is -0.271. The molecule has 4 heteroatoms. The minimum Gasteiger partial charge on any atom is -0.871 e. The van der Waals surface area contributed by atoms with Crippen LogP contribution in [0.15, 0.2) is 83.3 Å². The van der Waals surface area contributed by atoms with E-state index >= 15 is 0 Å². The third-order valence-corrected chi connectivity index (χ3v) is 12.5. The van der Waals surface area contributed by atoms with Gasteiger partial charge in [0.25, 0.3) is 0 Å². The van der Waals surface area contributed by atoms with E-state index in [2.05, 4.69) is 87.2 Å². The topological polar surface area (TPSA) is 47.8 Å². The molecular formula is C42H54N2O2. The normalized spacial score (nSPS) is 27.2. The van der Waals surface area contributed by atoms with E-state index < -0.39 is 0 Å². The van der Waals surface area contributed by atoms with E-state index in [-0.39, 0.29) is 28.4 Å². The average molecular weight is 619 g/mol. The van der Waals surface area contributed by atoms with Crippen molar-refractivity contribution in [1.29, 1.82) is 0 Å². The van der Waals surface area contributed by atoms with E-state index in [0.29, 0.717) is 11.1 Å². The highest BCUT2D eigenvalue weighted by Gasteiger charge is 2.49. The van der Waals surface area contributed by atoms with Gasteiger partial charge in [0.1, 0.15) is 11.7 Å². The van der Waals surface area contributed by atoms with Crippen molar-refractivity contribution in [2.75, 3.05) is 18.0 Å². The number of hydrogen-bond donors (Lipinski definition) is 1. The summed E-state index contributed by atoms with van der Waals surface area (Å²) in [5, 5.41) is 13.9. The average Bonchev–Trinajstić information content (AvgIpc) is 3.84. The van der Waals surface area contributed by atoms with Crippen LogP contribution in [0.1, 0.15) is 116 Å². The van der Waals surface area contributed by atoms with Gasteiger partial charge in [-0.2, -0.15) is 0 Å². The van der Waals surface area contributed by atoms with Crippen LogP contribution in [0.2, 0.25) is 0 Å².